The molecule has 3 rings (SSSR count). The SMILES string of the molecule is N/C(=C\N1NC(O)C(Sc2ccc(F)cc2)OC(CO)C1O)c1cc(F)c(F)c(F)c1. The third kappa shape index (κ3) is 5.47. The summed E-state index contributed by atoms with van der Waals surface area (Å²) in [6, 6.07) is 6.68. The van der Waals surface area contributed by atoms with Crippen molar-refractivity contribution in [3.63, 3.8) is 0 Å². The number of nitrogens with one attached hydrogen (secondary N) is 1. The van der Waals surface area contributed by atoms with Gasteiger partial charge in [0, 0.05) is 16.7 Å². The molecule has 168 valence electrons. The van der Waals surface area contributed by atoms with Crippen LogP contribution in [-0.2, 0) is 4.74 Å². The third-order valence-corrected chi connectivity index (χ3v) is 5.45. The normalized spacial score (nSPS) is 24.9. The monoisotopic (exact) mass is 461 g/mol. The number of thioether (sulfide) groups is 1. The van der Waals surface area contributed by atoms with E-state index in [0.29, 0.717) is 17.0 Å². The molecule has 12 heteroatoms. The Labute approximate surface area is 178 Å². The average Bonchev–Trinajstić information content (AvgIpc) is 2.84. The summed E-state index contributed by atoms with van der Waals surface area (Å²) in [5.74, 6) is -5.02. The van der Waals surface area contributed by atoms with Crippen LogP contribution in [0.2, 0.25) is 0 Å². The Balaban J connectivity index is 1.84. The summed E-state index contributed by atoms with van der Waals surface area (Å²) in [4.78, 5) is 0.541. The van der Waals surface area contributed by atoms with Gasteiger partial charge in [-0.1, -0.05) is 11.8 Å². The van der Waals surface area contributed by atoms with Crippen molar-refractivity contribution in [2.75, 3.05) is 6.61 Å². The second kappa shape index (κ2) is 9.85. The maximum Gasteiger partial charge on any atom is 0.194 e. The van der Waals surface area contributed by atoms with E-state index in [1.807, 2.05) is 0 Å². The number of aliphatic hydroxyl groups is 3. The number of aliphatic hydroxyl groups excluding tert-OH is 3. The number of hydrogen-bond donors (Lipinski definition) is 5. The quantitative estimate of drug-likeness (QED) is 0.336. The van der Waals surface area contributed by atoms with Crippen molar-refractivity contribution in [3.8, 4) is 0 Å². The first-order chi connectivity index (χ1) is 14.7. The van der Waals surface area contributed by atoms with E-state index in [-0.39, 0.29) is 11.3 Å². The number of benzene rings is 2. The molecule has 4 atom stereocenters. The smallest absolute Gasteiger partial charge is 0.194 e. The lowest BCUT2D eigenvalue weighted by atomic mass is 10.1. The van der Waals surface area contributed by atoms with Crippen LogP contribution in [0.25, 0.3) is 5.70 Å². The molecule has 0 aliphatic carbocycles. The lowest BCUT2D eigenvalue weighted by molar-refractivity contribution is -0.107. The van der Waals surface area contributed by atoms with Crippen LogP contribution in [-0.4, -0.2) is 50.9 Å². The van der Waals surface area contributed by atoms with E-state index in [0.717, 1.165) is 23.0 Å². The van der Waals surface area contributed by atoms with Gasteiger partial charge in [-0.25, -0.2) is 23.0 Å². The highest BCUT2D eigenvalue weighted by molar-refractivity contribution is 7.99. The molecule has 1 heterocycles. The zero-order valence-corrected chi connectivity index (χ0v) is 16.6. The Kier molecular flexibility index (Phi) is 7.41. The molecule has 1 saturated heterocycles. The van der Waals surface area contributed by atoms with E-state index in [2.05, 4.69) is 5.43 Å². The van der Waals surface area contributed by atoms with E-state index in [1.54, 1.807) is 0 Å². The topological polar surface area (TPSA) is 111 Å². The number of nitrogens with two attached hydrogens (primary N) is 1. The average molecular weight is 461 g/mol. The van der Waals surface area contributed by atoms with Crippen molar-refractivity contribution in [1.29, 1.82) is 0 Å². The summed E-state index contributed by atoms with van der Waals surface area (Å²) in [7, 11) is 0. The Hall–Kier alpha value is -2.35. The molecule has 2 aromatic carbocycles. The van der Waals surface area contributed by atoms with Gasteiger partial charge in [0.1, 0.15) is 17.4 Å². The molecule has 1 aliphatic heterocycles. The van der Waals surface area contributed by atoms with Gasteiger partial charge in [0.2, 0.25) is 0 Å². The molecule has 0 amide bonds. The van der Waals surface area contributed by atoms with Crippen LogP contribution in [0.15, 0.2) is 47.5 Å². The second-order valence-corrected chi connectivity index (χ2v) is 7.70. The molecule has 0 spiro atoms. The fourth-order valence-electron chi connectivity index (χ4n) is 2.72. The molecular formula is C19H19F4N3O4S. The van der Waals surface area contributed by atoms with Gasteiger partial charge in [-0.2, -0.15) is 0 Å². The van der Waals surface area contributed by atoms with Gasteiger partial charge in [0.25, 0.3) is 0 Å². The minimum atomic E-state index is -1.66. The van der Waals surface area contributed by atoms with E-state index in [1.165, 1.54) is 24.3 Å². The zero-order valence-electron chi connectivity index (χ0n) is 15.8. The third-order valence-electron chi connectivity index (χ3n) is 4.31. The molecule has 7 nitrogen and oxygen atoms in total. The van der Waals surface area contributed by atoms with Crippen LogP contribution in [0, 0.1) is 23.3 Å². The van der Waals surface area contributed by atoms with E-state index in [4.69, 9.17) is 10.5 Å². The number of hydrogen-bond acceptors (Lipinski definition) is 8. The highest BCUT2D eigenvalue weighted by atomic mass is 32.2. The maximum absolute atomic E-state index is 13.5. The van der Waals surface area contributed by atoms with Gasteiger partial charge in [0.05, 0.1) is 12.3 Å². The van der Waals surface area contributed by atoms with Crippen molar-refractivity contribution in [2.45, 2.75) is 28.9 Å². The zero-order chi connectivity index (χ0) is 22.7. The molecule has 0 saturated carbocycles. The minimum absolute atomic E-state index is 0.220. The van der Waals surface area contributed by atoms with Gasteiger partial charge in [-0.3, -0.25) is 5.01 Å². The predicted molar refractivity (Wildman–Crippen MR) is 103 cm³/mol. The number of halogens is 4. The fraction of sp³-hybridized carbons (Fsp3) is 0.263. The maximum atomic E-state index is 13.5. The van der Waals surface area contributed by atoms with Crippen molar-refractivity contribution in [2.24, 2.45) is 5.73 Å². The van der Waals surface area contributed by atoms with Gasteiger partial charge in [-0.05, 0) is 36.4 Å². The van der Waals surface area contributed by atoms with Crippen LogP contribution in [0.4, 0.5) is 17.6 Å². The molecule has 0 bridgehead atoms. The number of hydrazine groups is 1. The van der Waals surface area contributed by atoms with Crippen LogP contribution in [0.1, 0.15) is 5.56 Å². The summed E-state index contributed by atoms with van der Waals surface area (Å²) >= 11 is 0.996. The molecule has 1 aliphatic rings. The molecule has 4 unspecified atom stereocenters. The van der Waals surface area contributed by atoms with Gasteiger partial charge >= 0.3 is 0 Å². The van der Waals surface area contributed by atoms with Crippen LogP contribution < -0.4 is 11.2 Å². The molecular weight excluding hydrogens is 442 g/mol. The van der Waals surface area contributed by atoms with Crippen molar-refractivity contribution in [3.05, 3.63) is 71.4 Å². The number of ether oxygens (including phenoxy) is 1. The van der Waals surface area contributed by atoms with Crippen LogP contribution >= 0.6 is 11.8 Å². The van der Waals surface area contributed by atoms with Crippen molar-refractivity contribution < 1.29 is 37.6 Å². The van der Waals surface area contributed by atoms with E-state index < -0.39 is 53.9 Å². The summed E-state index contributed by atoms with van der Waals surface area (Å²) in [5, 5.41) is 31.5. The first-order valence-corrected chi connectivity index (χ1v) is 9.79. The molecule has 1 fully saturated rings. The Morgan fingerprint density at radius 1 is 1.13 bits per heavy atom. The van der Waals surface area contributed by atoms with E-state index in [9.17, 15) is 32.9 Å². The Morgan fingerprint density at radius 3 is 2.32 bits per heavy atom. The standard InChI is InChI=1S/C19H19F4N3O4S/c20-10-1-3-11(4-2-10)31-19-17(28)25-26(18(29)15(8-27)30-19)7-14(24)9-5-12(21)16(23)13(22)6-9/h1-7,15,17-19,25,27-29H,8,24H2/b14-7-. The fourth-order valence-corrected chi connectivity index (χ4v) is 3.67. The predicted octanol–water partition coefficient (Wildman–Crippen LogP) is 1.45. The van der Waals surface area contributed by atoms with Crippen molar-refractivity contribution in [1.82, 2.24) is 10.4 Å². The largest absolute Gasteiger partial charge is 0.397 e. The van der Waals surface area contributed by atoms with Crippen molar-refractivity contribution >= 4 is 17.5 Å². The number of nitrogens with zero attached hydrogens (tertiary/aromatic N) is 1. The van der Waals surface area contributed by atoms with Gasteiger partial charge < -0.3 is 25.8 Å². The molecule has 0 radical (unpaired) electrons. The summed E-state index contributed by atoms with van der Waals surface area (Å²) in [6.07, 6.45) is -3.25. The number of rotatable bonds is 5. The van der Waals surface area contributed by atoms with Gasteiger partial charge in [0.15, 0.2) is 29.9 Å². The van der Waals surface area contributed by atoms with Crippen LogP contribution in [0.5, 0.6) is 0 Å². The lowest BCUT2D eigenvalue weighted by Gasteiger charge is -2.28. The summed E-state index contributed by atoms with van der Waals surface area (Å²) < 4.78 is 58.8. The Morgan fingerprint density at radius 2 is 1.74 bits per heavy atom. The van der Waals surface area contributed by atoms with Gasteiger partial charge in [-0.15, -0.1) is 0 Å². The van der Waals surface area contributed by atoms with Crippen LogP contribution in [0.3, 0.4) is 0 Å². The molecule has 2 aromatic rings. The molecule has 31 heavy (non-hydrogen) atoms. The Bertz CT molecular complexity index is 927. The minimum Gasteiger partial charge on any atom is -0.397 e. The molecule has 6 N–H and O–H groups in total. The summed E-state index contributed by atoms with van der Waals surface area (Å²) in [5.41, 5.74) is 6.78. The first kappa shape index (κ1) is 23.3. The highest BCUT2D eigenvalue weighted by Gasteiger charge is 2.36. The highest BCUT2D eigenvalue weighted by Crippen LogP contribution is 2.30. The summed E-state index contributed by atoms with van der Waals surface area (Å²) in [6.45, 7) is -0.653. The lowest BCUT2D eigenvalue weighted by Crippen LogP contribution is -2.50. The second-order valence-electron chi connectivity index (χ2n) is 6.53. The molecule has 0 aromatic heterocycles. The first-order valence-electron chi connectivity index (χ1n) is 8.91. The van der Waals surface area contributed by atoms with E-state index >= 15 is 0 Å².